The Morgan fingerprint density at radius 2 is 2.19 bits per heavy atom. The molecule has 0 spiro atoms. The maximum atomic E-state index is 9.41. The van der Waals surface area contributed by atoms with Crippen LogP contribution in [0.4, 0.5) is 0 Å². The van der Waals surface area contributed by atoms with Gasteiger partial charge in [0.15, 0.2) is 0 Å². The van der Waals surface area contributed by atoms with Crippen molar-refractivity contribution in [3.63, 3.8) is 0 Å². The Hall–Kier alpha value is -0.690. The Morgan fingerprint density at radius 1 is 1.44 bits per heavy atom. The number of aliphatic hydroxyl groups excluding tert-OH is 1. The van der Waals surface area contributed by atoms with E-state index in [2.05, 4.69) is 46.8 Å². The minimum atomic E-state index is -0.0109. The summed E-state index contributed by atoms with van der Waals surface area (Å²) in [6.45, 7) is 4.23. The summed E-state index contributed by atoms with van der Waals surface area (Å²) in [5.74, 6) is 0.327. The summed E-state index contributed by atoms with van der Waals surface area (Å²) in [5, 5.41) is 17.6. The molecule has 4 nitrogen and oxygen atoms in total. The molecule has 1 aromatic heterocycles. The fourth-order valence-corrected chi connectivity index (χ4v) is 2.20. The van der Waals surface area contributed by atoms with Gasteiger partial charge in [0.2, 0.25) is 0 Å². The molecule has 0 saturated carbocycles. The lowest BCUT2D eigenvalue weighted by molar-refractivity contribution is 0.184. The molecule has 1 aromatic carbocycles. The van der Waals surface area contributed by atoms with Crippen molar-refractivity contribution in [2.75, 3.05) is 6.61 Å². The number of aromatic nitrogens is 3. The maximum absolute atomic E-state index is 9.41. The van der Waals surface area contributed by atoms with Gasteiger partial charge in [-0.2, -0.15) is 0 Å². The molecular weight excluding hydrogens is 317 g/mol. The van der Waals surface area contributed by atoms with E-state index in [1.165, 1.54) is 0 Å². The van der Waals surface area contributed by atoms with E-state index in [4.69, 9.17) is 0 Å². The first kappa shape index (κ1) is 11.8. The van der Waals surface area contributed by atoms with Crippen molar-refractivity contribution in [2.24, 2.45) is 5.92 Å². The zero-order chi connectivity index (χ0) is 11.7. The zero-order valence-corrected chi connectivity index (χ0v) is 11.4. The Bertz CT molecular complexity index is 495. The number of nitrogens with zero attached hydrogens (tertiary/aromatic N) is 3. The highest BCUT2D eigenvalue weighted by molar-refractivity contribution is 14.1. The largest absolute Gasteiger partial charge is 0.394 e. The van der Waals surface area contributed by atoms with Gasteiger partial charge in [0.05, 0.1) is 18.2 Å². The molecule has 1 unspecified atom stereocenters. The first-order valence-corrected chi connectivity index (χ1v) is 6.32. The zero-order valence-electron chi connectivity index (χ0n) is 9.26. The van der Waals surface area contributed by atoms with Crippen LogP contribution in [0.3, 0.4) is 0 Å². The first-order chi connectivity index (χ1) is 7.63. The summed E-state index contributed by atoms with van der Waals surface area (Å²) in [4.78, 5) is 0. The van der Waals surface area contributed by atoms with Crippen molar-refractivity contribution in [2.45, 2.75) is 19.9 Å². The summed E-state index contributed by atoms with van der Waals surface area (Å²) >= 11 is 2.26. The van der Waals surface area contributed by atoms with Gasteiger partial charge in [-0.25, -0.2) is 4.68 Å². The number of halogens is 1. The van der Waals surface area contributed by atoms with Crippen LogP contribution in [-0.2, 0) is 0 Å². The molecule has 0 bridgehead atoms. The van der Waals surface area contributed by atoms with E-state index in [-0.39, 0.29) is 12.6 Å². The van der Waals surface area contributed by atoms with E-state index in [0.29, 0.717) is 5.92 Å². The van der Waals surface area contributed by atoms with Gasteiger partial charge in [-0.3, -0.25) is 0 Å². The fourth-order valence-electron chi connectivity index (χ4n) is 1.72. The summed E-state index contributed by atoms with van der Waals surface area (Å²) in [7, 11) is 0. The van der Waals surface area contributed by atoms with E-state index in [1.807, 2.05) is 22.9 Å². The third-order valence-electron chi connectivity index (χ3n) is 2.70. The van der Waals surface area contributed by atoms with Gasteiger partial charge in [-0.1, -0.05) is 19.1 Å². The van der Waals surface area contributed by atoms with Crippen LogP contribution in [0, 0.1) is 9.49 Å². The summed E-state index contributed by atoms with van der Waals surface area (Å²) in [5.41, 5.74) is 1.86. The van der Waals surface area contributed by atoms with Gasteiger partial charge in [0.25, 0.3) is 0 Å². The van der Waals surface area contributed by atoms with Crippen molar-refractivity contribution in [1.82, 2.24) is 15.0 Å². The Balaban J connectivity index is 2.55. The molecule has 1 N–H and O–H groups in total. The number of aliphatic hydroxyl groups is 1. The monoisotopic (exact) mass is 331 g/mol. The number of hydrogen-bond donors (Lipinski definition) is 1. The highest BCUT2D eigenvalue weighted by atomic mass is 127. The lowest BCUT2D eigenvalue weighted by Gasteiger charge is -2.18. The second kappa shape index (κ2) is 4.67. The van der Waals surface area contributed by atoms with E-state index < -0.39 is 0 Å². The van der Waals surface area contributed by atoms with Crippen molar-refractivity contribution in [3.8, 4) is 0 Å². The number of hydrogen-bond acceptors (Lipinski definition) is 3. The van der Waals surface area contributed by atoms with Crippen molar-refractivity contribution in [1.29, 1.82) is 0 Å². The average molecular weight is 331 g/mol. The topological polar surface area (TPSA) is 50.9 Å². The van der Waals surface area contributed by atoms with Gasteiger partial charge >= 0.3 is 0 Å². The Morgan fingerprint density at radius 3 is 2.81 bits per heavy atom. The fraction of sp³-hybridized carbons (Fsp3) is 0.455. The van der Waals surface area contributed by atoms with E-state index in [9.17, 15) is 5.11 Å². The predicted octanol–water partition coefficient (Wildman–Crippen LogP) is 2.23. The summed E-state index contributed by atoms with van der Waals surface area (Å²) < 4.78 is 2.97. The summed E-state index contributed by atoms with van der Waals surface area (Å²) in [6, 6.07) is 5.99. The van der Waals surface area contributed by atoms with Crippen molar-refractivity contribution >= 4 is 33.6 Å². The van der Waals surface area contributed by atoms with Gasteiger partial charge in [0.1, 0.15) is 5.52 Å². The smallest absolute Gasteiger partial charge is 0.113 e. The number of benzene rings is 1. The molecule has 0 aliphatic heterocycles. The van der Waals surface area contributed by atoms with E-state index in [1.54, 1.807) is 0 Å². The van der Waals surface area contributed by atoms with Gasteiger partial charge in [-0.05, 0) is 46.7 Å². The molecule has 0 amide bonds. The minimum Gasteiger partial charge on any atom is -0.394 e. The van der Waals surface area contributed by atoms with Crippen molar-refractivity contribution < 1.29 is 5.11 Å². The third-order valence-corrected chi connectivity index (χ3v) is 3.37. The Labute approximate surface area is 108 Å². The van der Waals surface area contributed by atoms with Crippen LogP contribution in [-0.4, -0.2) is 26.7 Å². The lowest BCUT2D eigenvalue weighted by Crippen LogP contribution is -2.20. The molecule has 1 atom stereocenters. The second-order valence-electron chi connectivity index (χ2n) is 4.16. The van der Waals surface area contributed by atoms with Crippen LogP contribution < -0.4 is 0 Å². The summed E-state index contributed by atoms with van der Waals surface area (Å²) in [6.07, 6.45) is 0. The standard InChI is InChI=1S/C11H14IN3O/c1-7(2)11(6-16)15-10-5-8(12)3-4-9(10)13-14-15/h3-5,7,11,16H,6H2,1-2H3. The van der Waals surface area contributed by atoms with Crippen LogP contribution in [0.2, 0.25) is 0 Å². The van der Waals surface area contributed by atoms with Gasteiger partial charge < -0.3 is 5.11 Å². The van der Waals surface area contributed by atoms with Crippen LogP contribution in [0.25, 0.3) is 11.0 Å². The molecule has 0 saturated heterocycles. The molecule has 86 valence electrons. The third kappa shape index (κ3) is 2.06. The number of rotatable bonds is 3. The molecule has 2 aromatic rings. The van der Waals surface area contributed by atoms with E-state index >= 15 is 0 Å². The molecule has 16 heavy (non-hydrogen) atoms. The van der Waals surface area contributed by atoms with Crippen LogP contribution in [0.1, 0.15) is 19.9 Å². The molecule has 2 rings (SSSR count). The molecule has 1 heterocycles. The van der Waals surface area contributed by atoms with Crippen LogP contribution in [0.15, 0.2) is 18.2 Å². The predicted molar refractivity (Wildman–Crippen MR) is 71.2 cm³/mol. The second-order valence-corrected chi connectivity index (χ2v) is 5.41. The van der Waals surface area contributed by atoms with Crippen LogP contribution >= 0.6 is 22.6 Å². The maximum Gasteiger partial charge on any atom is 0.113 e. The Kier molecular flexibility index (Phi) is 3.44. The quantitative estimate of drug-likeness (QED) is 0.878. The van der Waals surface area contributed by atoms with Gasteiger partial charge in [0, 0.05) is 3.57 Å². The average Bonchev–Trinajstić information content (AvgIpc) is 2.62. The number of fused-ring (bicyclic) bond motifs is 1. The lowest BCUT2D eigenvalue weighted by atomic mass is 10.1. The normalized spacial score (nSPS) is 13.6. The molecule has 5 heteroatoms. The minimum absolute atomic E-state index is 0.0109. The van der Waals surface area contributed by atoms with E-state index in [0.717, 1.165) is 14.6 Å². The molecule has 0 aliphatic rings. The van der Waals surface area contributed by atoms with Crippen LogP contribution in [0.5, 0.6) is 0 Å². The molecule has 0 fully saturated rings. The van der Waals surface area contributed by atoms with Crippen molar-refractivity contribution in [3.05, 3.63) is 21.8 Å². The molecule has 0 radical (unpaired) electrons. The molecular formula is C11H14IN3O. The first-order valence-electron chi connectivity index (χ1n) is 5.24. The highest BCUT2D eigenvalue weighted by Gasteiger charge is 2.18. The SMILES string of the molecule is CC(C)C(CO)n1nnc2ccc(I)cc21. The molecule has 0 aliphatic carbocycles. The highest BCUT2D eigenvalue weighted by Crippen LogP contribution is 2.22. The van der Waals surface area contributed by atoms with Gasteiger partial charge in [-0.15, -0.1) is 5.10 Å².